The van der Waals surface area contributed by atoms with Crippen molar-refractivity contribution in [3.05, 3.63) is 30.1 Å². The molecule has 0 atom stereocenters. The summed E-state index contributed by atoms with van der Waals surface area (Å²) in [5.41, 5.74) is 0.257. The van der Waals surface area contributed by atoms with Gasteiger partial charge in [-0.3, -0.25) is 4.98 Å². The van der Waals surface area contributed by atoms with Crippen LogP contribution in [0.3, 0.4) is 0 Å². The number of nitrogens with zero attached hydrogens (tertiary/aromatic N) is 1. The van der Waals surface area contributed by atoms with E-state index in [0.717, 1.165) is 0 Å². The molecule has 0 saturated heterocycles. The van der Waals surface area contributed by atoms with Crippen LogP contribution in [0.4, 0.5) is 4.79 Å². The van der Waals surface area contributed by atoms with Crippen molar-refractivity contribution in [2.45, 2.75) is 6.92 Å². The summed E-state index contributed by atoms with van der Waals surface area (Å²) in [5.74, 6) is -0.745. The van der Waals surface area contributed by atoms with E-state index in [2.05, 4.69) is 14.5 Å². The molecule has 0 aliphatic rings. The Morgan fingerprint density at radius 1 is 1.33 bits per heavy atom. The van der Waals surface area contributed by atoms with Crippen LogP contribution in [-0.2, 0) is 9.47 Å². The molecular weight excluding hydrogens is 222 g/mol. The maximum absolute atomic E-state index is 11.2. The van der Waals surface area contributed by atoms with Crippen molar-refractivity contribution in [2.24, 2.45) is 0 Å². The molecule has 15 heavy (non-hydrogen) atoms. The van der Waals surface area contributed by atoms with Crippen molar-refractivity contribution in [3.8, 4) is 0 Å². The van der Waals surface area contributed by atoms with Gasteiger partial charge in [-0.1, -0.05) is 0 Å². The number of pyridine rings is 1. The van der Waals surface area contributed by atoms with Crippen LogP contribution < -0.4 is 0 Å². The number of hydrogen-bond donors (Lipinski definition) is 0. The molecule has 0 N–H and O–H groups in total. The molecule has 0 aliphatic heterocycles. The zero-order valence-corrected chi connectivity index (χ0v) is 8.82. The highest BCUT2D eigenvalue weighted by atomic mass is 35.5. The highest BCUT2D eigenvalue weighted by Crippen LogP contribution is 2.00. The summed E-state index contributed by atoms with van der Waals surface area (Å²) < 4.78 is 8.79. The first kappa shape index (κ1) is 13.4. The van der Waals surface area contributed by atoms with E-state index >= 15 is 0 Å². The van der Waals surface area contributed by atoms with Gasteiger partial charge in [0.05, 0.1) is 12.2 Å². The van der Waals surface area contributed by atoms with Crippen molar-refractivity contribution in [3.63, 3.8) is 0 Å². The quantitative estimate of drug-likeness (QED) is 0.574. The van der Waals surface area contributed by atoms with Gasteiger partial charge in [0.2, 0.25) is 0 Å². The molecule has 0 aliphatic carbocycles. The van der Waals surface area contributed by atoms with Gasteiger partial charge in [-0.2, -0.15) is 0 Å². The molecular formula is C9H10ClNO4. The minimum absolute atomic E-state index is 0. The molecule has 1 heterocycles. The normalized spacial score (nSPS) is 8.60. The fraction of sp³-hybridized carbons (Fsp3) is 0.222. The van der Waals surface area contributed by atoms with E-state index in [4.69, 9.17) is 0 Å². The highest BCUT2D eigenvalue weighted by Gasteiger charge is 2.12. The lowest BCUT2D eigenvalue weighted by atomic mass is 10.3. The van der Waals surface area contributed by atoms with E-state index in [1.165, 1.54) is 24.5 Å². The van der Waals surface area contributed by atoms with Crippen LogP contribution in [0.1, 0.15) is 17.3 Å². The Kier molecular flexibility index (Phi) is 6.05. The first-order valence-electron chi connectivity index (χ1n) is 4.03. The molecule has 0 bridgehead atoms. The third-order valence-electron chi connectivity index (χ3n) is 1.35. The monoisotopic (exact) mass is 231 g/mol. The van der Waals surface area contributed by atoms with Crippen molar-refractivity contribution in [1.82, 2.24) is 4.98 Å². The minimum Gasteiger partial charge on any atom is -0.434 e. The zero-order valence-electron chi connectivity index (χ0n) is 8.00. The summed E-state index contributed by atoms with van der Waals surface area (Å²) in [6.07, 6.45) is 1.87. The number of aromatic nitrogens is 1. The van der Waals surface area contributed by atoms with E-state index in [-0.39, 0.29) is 24.6 Å². The zero-order chi connectivity index (χ0) is 10.4. The highest BCUT2D eigenvalue weighted by molar-refractivity contribution is 5.95. The maximum atomic E-state index is 11.2. The van der Waals surface area contributed by atoms with E-state index in [1.807, 2.05) is 0 Å². The second-order valence-corrected chi connectivity index (χ2v) is 2.31. The molecule has 0 aromatic carbocycles. The summed E-state index contributed by atoms with van der Waals surface area (Å²) in [6, 6.07) is 2.89. The summed E-state index contributed by atoms with van der Waals surface area (Å²) in [5, 5.41) is 0. The molecule has 5 nitrogen and oxygen atoms in total. The largest absolute Gasteiger partial charge is 0.516 e. The number of halogens is 1. The molecule has 0 unspecified atom stereocenters. The molecule has 1 aromatic heterocycles. The summed E-state index contributed by atoms with van der Waals surface area (Å²) in [4.78, 5) is 25.6. The summed E-state index contributed by atoms with van der Waals surface area (Å²) in [7, 11) is 0. The molecule has 6 heteroatoms. The van der Waals surface area contributed by atoms with Gasteiger partial charge in [-0.25, -0.2) is 9.59 Å². The predicted molar refractivity (Wildman–Crippen MR) is 53.9 cm³/mol. The second-order valence-electron chi connectivity index (χ2n) is 2.31. The average molecular weight is 232 g/mol. The van der Waals surface area contributed by atoms with Crippen LogP contribution in [0.15, 0.2) is 24.5 Å². The number of rotatable bonds is 2. The predicted octanol–water partition coefficient (Wildman–Crippen LogP) is 1.82. The van der Waals surface area contributed by atoms with Crippen LogP contribution in [0, 0.1) is 0 Å². The molecule has 0 saturated carbocycles. The molecule has 0 spiro atoms. The lowest BCUT2D eigenvalue weighted by Gasteiger charge is -2.01. The molecule has 82 valence electrons. The van der Waals surface area contributed by atoms with Crippen LogP contribution in [0.5, 0.6) is 0 Å². The fourth-order valence-electron chi connectivity index (χ4n) is 0.770. The molecule has 1 rings (SSSR count). The number of hydrogen-bond acceptors (Lipinski definition) is 5. The van der Waals surface area contributed by atoms with Gasteiger partial charge < -0.3 is 9.47 Å². The Morgan fingerprint density at radius 2 is 1.93 bits per heavy atom. The first-order chi connectivity index (χ1) is 6.74. The number of carbonyl (C=O) groups excluding carboxylic acids is 2. The van der Waals surface area contributed by atoms with Gasteiger partial charge in [0.1, 0.15) is 0 Å². The van der Waals surface area contributed by atoms with Crippen LogP contribution >= 0.6 is 12.4 Å². The Hall–Kier alpha value is -1.62. The van der Waals surface area contributed by atoms with Gasteiger partial charge in [0.15, 0.2) is 0 Å². The summed E-state index contributed by atoms with van der Waals surface area (Å²) in [6.45, 7) is 1.79. The Bertz CT molecular complexity index is 328. The van der Waals surface area contributed by atoms with Crippen LogP contribution in [0.25, 0.3) is 0 Å². The molecule has 0 radical (unpaired) electrons. The number of ether oxygens (including phenoxy) is 2. The van der Waals surface area contributed by atoms with Gasteiger partial charge in [-0.05, 0) is 19.1 Å². The smallest absolute Gasteiger partial charge is 0.434 e. The third kappa shape index (κ3) is 4.42. The van der Waals surface area contributed by atoms with E-state index < -0.39 is 12.1 Å². The van der Waals surface area contributed by atoms with Gasteiger partial charge >= 0.3 is 12.1 Å². The van der Waals surface area contributed by atoms with Crippen LogP contribution in [0.2, 0.25) is 0 Å². The number of esters is 1. The molecule has 0 amide bonds. The number of carbonyl (C=O) groups is 2. The standard InChI is InChI=1S/C9H9NO4.ClH/c1-2-13-9(12)14-8(11)7-3-5-10-6-4-7;/h3-6H,2H2,1H3;1H. The van der Waals surface area contributed by atoms with Gasteiger partial charge in [-0.15, -0.1) is 12.4 Å². The van der Waals surface area contributed by atoms with E-state index in [9.17, 15) is 9.59 Å². The Balaban J connectivity index is 0.00000196. The van der Waals surface area contributed by atoms with Gasteiger partial charge in [0.25, 0.3) is 0 Å². The lowest BCUT2D eigenvalue weighted by molar-refractivity contribution is 0.0401. The van der Waals surface area contributed by atoms with Gasteiger partial charge in [0, 0.05) is 12.4 Å². The lowest BCUT2D eigenvalue weighted by Crippen LogP contribution is -2.13. The van der Waals surface area contributed by atoms with Crippen LogP contribution in [-0.4, -0.2) is 23.7 Å². The fourth-order valence-corrected chi connectivity index (χ4v) is 0.770. The topological polar surface area (TPSA) is 65.5 Å². The Morgan fingerprint density at radius 3 is 2.47 bits per heavy atom. The van der Waals surface area contributed by atoms with Crippen molar-refractivity contribution in [1.29, 1.82) is 0 Å². The van der Waals surface area contributed by atoms with Crippen molar-refractivity contribution in [2.75, 3.05) is 6.61 Å². The summed E-state index contributed by atoms with van der Waals surface area (Å²) >= 11 is 0. The molecule has 1 aromatic rings. The second kappa shape index (κ2) is 6.78. The van der Waals surface area contributed by atoms with E-state index in [1.54, 1.807) is 6.92 Å². The maximum Gasteiger partial charge on any atom is 0.516 e. The van der Waals surface area contributed by atoms with Crippen molar-refractivity contribution >= 4 is 24.5 Å². The average Bonchev–Trinajstić information content (AvgIpc) is 2.19. The van der Waals surface area contributed by atoms with E-state index in [0.29, 0.717) is 0 Å². The molecule has 0 fully saturated rings. The third-order valence-corrected chi connectivity index (χ3v) is 1.35. The first-order valence-corrected chi connectivity index (χ1v) is 4.03. The Labute approximate surface area is 92.8 Å². The van der Waals surface area contributed by atoms with Crippen molar-refractivity contribution < 1.29 is 19.1 Å². The minimum atomic E-state index is -0.991. The SMILES string of the molecule is CCOC(=O)OC(=O)c1ccncc1.Cl.